The van der Waals surface area contributed by atoms with E-state index >= 15 is 0 Å². The zero-order chi connectivity index (χ0) is 13.3. The number of rotatable bonds is 4. The summed E-state index contributed by atoms with van der Waals surface area (Å²) in [4.78, 5) is 0. The molecule has 0 aliphatic carbocycles. The zero-order valence-electron chi connectivity index (χ0n) is 11.5. The Labute approximate surface area is 108 Å². The average molecular weight is 247 g/mol. The van der Waals surface area contributed by atoms with E-state index in [4.69, 9.17) is 5.73 Å². The summed E-state index contributed by atoms with van der Waals surface area (Å²) in [6.07, 6.45) is 2.79. The molecule has 1 unspecified atom stereocenters. The van der Waals surface area contributed by atoms with E-state index in [1.54, 1.807) is 0 Å². The first kappa shape index (κ1) is 12.8. The molecule has 5 heteroatoms. The Morgan fingerprint density at radius 2 is 2.06 bits per heavy atom. The number of aromatic nitrogens is 4. The highest BCUT2D eigenvalue weighted by Crippen LogP contribution is 2.19. The van der Waals surface area contributed by atoms with Crippen LogP contribution in [-0.4, -0.2) is 19.6 Å². The molecule has 0 amide bonds. The molecule has 0 fully saturated rings. The molecular weight excluding hydrogens is 226 g/mol. The van der Waals surface area contributed by atoms with E-state index in [9.17, 15) is 0 Å². The smallest absolute Gasteiger partial charge is 0.0641 e. The quantitative estimate of drug-likeness (QED) is 0.890. The first-order chi connectivity index (χ1) is 8.51. The van der Waals surface area contributed by atoms with Crippen molar-refractivity contribution in [1.29, 1.82) is 0 Å². The van der Waals surface area contributed by atoms with Gasteiger partial charge < -0.3 is 5.73 Å². The van der Waals surface area contributed by atoms with Crippen molar-refractivity contribution in [3.63, 3.8) is 0 Å². The molecular formula is C13H21N5. The maximum absolute atomic E-state index is 6.28. The molecule has 0 radical (unpaired) electrons. The van der Waals surface area contributed by atoms with Gasteiger partial charge in [0.2, 0.25) is 0 Å². The highest BCUT2D eigenvalue weighted by molar-refractivity contribution is 5.22. The number of hydrogen-bond acceptors (Lipinski definition) is 3. The Hall–Kier alpha value is -1.62. The van der Waals surface area contributed by atoms with Gasteiger partial charge in [-0.25, -0.2) is 0 Å². The molecule has 1 atom stereocenters. The van der Waals surface area contributed by atoms with Gasteiger partial charge in [0.05, 0.1) is 11.4 Å². The third-order valence-corrected chi connectivity index (χ3v) is 3.16. The summed E-state index contributed by atoms with van der Waals surface area (Å²) in [5, 5.41) is 8.78. The summed E-state index contributed by atoms with van der Waals surface area (Å²) in [6.45, 7) is 6.98. The molecule has 2 rings (SSSR count). The van der Waals surface area contributed by atoms with Gasteiger partial charge in [0.25, 0.3) is 0 Å². The maximum Gasteiger partial charge on any atom is 0.0641 e. The van der Waals surface area contributed by atoms with Crippen LogP contribution < -0.4 is 5.73 Å². The summed E-state index contributed by atoms with van der Waals surface area (Å²) in [7, 11) is 1.92. The second-order valence-corrected chi connectivity index (χ2v) is 4.75. The van der Waals surface area contributed by atoms with Crippen molar-refractivity contribution in [2.75, 3.05) is 0 Å². The number of aryl methyl sites for hydroxylation is 4. The minimum atomic E-state index is -0.0277. The van der Waals surface area contributed by atoms with Crippen molar-refractivity contribution in [2.24, 2.45) is 12.8 Å². The fourth-order valence-corrected chi connectivity index (χ4v) is 2.35. The molecule has 0 aliphatic heterocycles. The molecule has 2 N–H and O–H groups in total. The van der Waals surface area contributed by atoms with Gasteiger partial charge in [-0.05, 0) is 26.8 Å². The second-order valence-electron chi connectivity index (χ2n) is 4.75. The van der Waals surface area contributed by atoms with Crippen LogP contribution in [0.5, 0.6) is 0 Å². The Bertz CT molecular complexity index is 538. The van der Waals surface area contributed by atoms with Crippen molar-refractivity contribution in [3.8, 4) is 0 Å². The van der Waals surface area contributed by atoms with Crippen LogP contribution in [0.4, 0.5) is 0 Å². The number of nitrogens with two attached hydrogens (primary N) is 1. The second kappa shape index (κ2) is 4.94. The van der Waals surface area contributed by atoms with Crippen molar-refractivity contribution in [2.45, 2.75) is 39.8 Å². The number of nitrogens with zero attached hydrogens (tertiary/aromatic N) is 4. The molecule has 0 aliphatic rings. The van der Waals surface area contributed by atoms with E-state index in [1.165, 1.54) is 5.69 Å². The SMILES string of the molecule is CCn1nc(C)cc1CC(N)c1cn(C)nc1C. The summed E-state index contributed by atoms with van der Waals surface area (Å²) < 4.78 is 3.83. The Morgan fingerprint density at radius 3 is 2.61 bits per heavy atom. The molecule has 2 aromatic heterocycles. The van der Waals surface area contributed by atoms with Crippen LogP contribution in [0.15, 0.2) is 12.3 Å². The Balaban J connectivity index is 2.20. The molecule has 0 saturated carbocycles. The molecule has 2 heterocycles. The molecule has 2 aromatic rings. The fourth-order valence-electron chi connectivity index (χ4n) is 2.35. The van der Waals surface area contributed by atoms with E-state index in [-0.39, 0.29) is 6.04 Å². The highest BCUT2D eigenvalue weighted by atomic mass is 15.3. The first-order valence-corrected chi connectivity index (χ1v) is 6.30. The first-order valence-electron chi connectivity index (χ1n) is 6.30. The average Bonchev–Trinajstić information content (AvgIpc) is 2.81. The van der Waals surface area contributed by atoms with E-state index in [0.717, 1.165) is 29.9 Å². The van der Waals surface area contributed by atoms with Crippen LogP contribution in [-0.2, 0) is 20.0 Å². The van der Waals surface area contributed by atoms with Crippen LogP contribution >= 0.6 is 0 Å². The maximum atomic E-state index is 6.28. The zero-order valence-corrected chi connectivity index (χ0v) is 11.5. The predicted molar refractivity (Wildman–Crippen MR) is 71.2 cm³/mol. The van der Waals surface area contributed by atoms with Crippen LogP contribution in [0.2, 0.25) is 0 Å². The van der Waals surface area contributed by atoms with Gasteiger partial charge in [-0.15, -0.1) is 0 Å². The molecule has 5 nitrogen and oxygen atoms in total. The standard InChI is InChI=1S/C13H21N5/c1-5-18-11(6-9(2)15-18)7-13(14)12-8-17(4)16-10(12)3/h6,8,13H,5,7,14H2,1-4H3. The molecule has 0 saturated heterocycles. The van der Waals surface area contributed by atoms with Gasteiger partial charge in [-0.3, -0.25) is 9.36 Å². The third kappa shape index (κ3) is 2.46. The van der Waals surface area contributed by atoms with Crippen LogP contribution in [0.3, 0.4) is 0 Å². The number of hydrogen-bond donors (Lipinski definition) is 1. The topological polar surface area (TPSA) is 61.7 Å². The van der Waals surface area contributed by atoms with Gasteiger partial charge in [-0.1, -0.05) is 0 Å². The van der Waals surface area contributed by atoms with Gasteiger partial charge in [0, 0.05) is 43.5 Å². The Morgan fingerprint density at radius 1 is 1.33 bits per heavy atom. The summed E-state index contributed by atoms with van der Waals surface area (Å²) >= 11 is 0. The van der Waals surface area contributed by atoms with E-state index in [1.807, 2.05) is 36.5 Å². The van der Waals surface area contributed by atoms with Crippen molar-refractivity contribution < 1.29 is 0 Å². The monoisotopic (exact) mass is 247 g/mol. The van der Waals surface area contributed by atoms with Crippen LogP contribution in [0.25, 0.3) is 0 Å². The Kier molecular flexibility index (Phi) is 3.52. The summed E-state index contributed by atoms with van der Waals surface area (Å²) in [5.41, 5.74) is 10.6. The lowest BCUT2D eigenvalue weighted by atomic mass is 10.0. The summed E-state index contributed by atoms with van der Waals surface area (Å²) in [6, 6.07) is 2.08. The van der Waals surface area contributed by atoms with Crippen molar-refractivity contribution in [1.82, 2.24) is 19.6 Å². The minimum Gasteiger partial charge on any atom is -0.324 e. The largest absolute Gasteiger partial charge is 0.324 e. The molecule has 0 bridgehead atoms. The van der Waals surface area contributed by atoms with Crippen molar-refractivity contribution >= 4 is 0 Å². The van der Waals surface area contributed by atoms with Crippen LogP contribution in [0.1, 0.15) is 35.6 Å². The molecule has 98 valence electrons. The summed E-state index contributed by atoms with van der Waals surface area (Å²) in [5.74, 6) is 0. The molecule has 0 spiro atoms. The fraction of sp³-hybridized carbons (Fsp3) is 0.538. The lowest BCUT2D eigenvalue weighted by molar-refractivity contribution is 0.586. The lowest BCUT2D eigenvalue weighted by Gasteiger charge is -2.11. The predicted octanol–water partition coefficient (Wildman–Crippen LogP) is 1.50. The third-order valence-electron chi connectivity index (χ3n) is 3.16. The normalized spacial score (nSPS) is 12.9. The van der Waals surface area contributed by atoms with Crippen LogP contribution in [0, 0.1) is 13.8 Å². The highest BCUT2D eigenvalue weighted by Gasteiger charge is 2.15. The van der Waals surface area contributed by atoms with E-state index in [2.05, 4.69) is 23.2 Å². The van der Waals surface area contributed by atoms with Crippen molar-refractivity contribution in [3.05, 3.63) is 34.9 Å². The molecule has 18 heavy (non-hydrogen) atoms. The van der Waals surface area contributed by atoms with E-state index in [0.29, 0.717) is 0 Å². The lowest BCUT2D eigenvalue weighted by Crippen LogP contribution is -2.16. The van der Waals surface area contributed by atoms with E-state index < -0.39 is 0 Å². The van der Waals surface area contributed by atoms with Gasteiger partial charge in [0.1, 0.15) is 0 Å². The van der Waals surface area contributed by atoms with Gasteiger partial charge >= 0.3 is 0 Å². The van der Waals surface area contributed by atoms with Gasteiger partial charge in [-0.2, -0.15) is 10.2 Å². The molecule has 0 aromatic carbocycles. The van der Waals surface area contributed by atoms with Gasteiger partial charge in [0.15, 0.2) is 0 Å². The minimum absolute atomic E-state index is 0.0277.